The van der Waals surface area contributed by atoms with Crippen molar-refractivity contribution >= 4 is 11.9 Å². The van der Waals surface area contributed by atoms with Crippen LogP contribution in [-0.2, 0) is 36.0 Å². The average Bonchev–Trinajstić information content (AvgIpc) is 1.63. The Balaban J connectivity index is 0. The Kier molecular flexibility index (Phi) is 8.73. The predicted molar refractivity (Wildman–Crippen MR) is 31.7 cm³/mol. The molecule has 56 valence electrons. The van der Waals surface area contributed by atoms with Crippen LogP contribution in [0.1, 0.15) is 26.7 Å². The summed E-state index contributed by atoms with van der Waals surface area (Å²) in [6.45, 7) is 3.06. The number of ether oxygens (including phenoxy) is 1. The van der Waals surface area contributed by atoms with E-state index in [1.54, 1.807) is 0 Å². The van der Waals surface area contributed by atoms with Crippen molar-refractivity contribution in [1.29, 1.82) is 0 Å². The first-order valence-electron chi connectivity index (χ1n) is 2.88. The van der Waals surface area contributed by atoms with E-state index in [0.29, 0.717) is 12.8 Å². The standard InChI is InChI=1S/C6H10O3.Ti/c1-3-4-6(8)9-5(2)7;/h3-4H2,1-2H3;. The minimum Gasteiger partial charge on any atom is -0.393 e. The van der Waals surface area contributed by atoms with Crippen molar-refractivity contribution in [1.82, 2.24) is 0 Å². The maximum atomic E-state index is 10.4. The molecule has 0 saturated heterocycles. The molecule has 0 atom stereocenters. The molecule has 0 N–H and O–H groups in total. The molecule has 0 rings (SSSR count). The van der Waals surface area contributed by atoms with E-state index in [0.717, 1.165) is 0 Å². The molecule has 0 unspecified atom stereocenters. The van der Waals surface area contributed by atoms with Crippen LogP contribution < -0.4 is 0 Å². The van der Waals surface area contributed by atoms with Crippen LogP contribution in [0.5, 0.6) is 0 Å². The van der Waals surface area contributed by atoms with Crippen molar-refractivity contribution in [2.24, 2.45) is 0 Å². The first-order chi connectivity index (χ1) is 4.16. The van der Waals surface area contributed by atoms with Crippen LogP contribution in [0.3, 0.4) is 0 Å². The third kappa shape index (κ3) is 7.85. The normalized spacial score (nSPS) is 7.80. The maximum Gasteiger partial charge on any atom is 0.313 e. The van der Waals surface area contributed by atoms with Crippen molar-refractivity contribution in [2.75, 3.05) is 0 Å². The summed E-state index contributed by atoms with van der Waals surface area (Å²) in [6, 6.07) is 0. The molecule has 10 heavy (non-hydrogen) atoms. The Bertz CT molecular complexity index is 122. The van der Waals surface area contributed by atoms with Gasteiger partial charge in [-0.1, -0.05) is 6.92 Å². The van der Waals surface area contributed by atoms with Gasteiger partial charge >= 0.3 is 11.9 Å². The van der Waals surface area contributed by atoms with Crippen LogP contribution in [0.2, 0.25) is 0 Å². The van der Waals surface area contributed by atoms with E-state index in [-0.39, 0.29) is 21.7 Å². The van der Waals surface area contributed by atoms with Crippen LogP contribution >= 0.6 is 0 Å². The van der Waals surface area contributed by atoms with Gasteiger partial charge in [0, 0.05) is 35.1 Å². The SMILES string of the molecule is CCCC(=O)OC(C)=O.[Ti]. The summed E-state index contributed by atoms with van der Waals surface area (Å²) in [5.74, 6) is -0.974. The van der Waals surface area contributed by atoms with Gasteiger partial charge in [0.25, 0.3) is 0 Å². The summed E-state index contributed by atoms with van der Waals surface area (Å²) in [5.41, 5.74) is 0. The number of hydrogen-bond donors (Lipinski definition) is 0. The Morgan fingerprint density at radius 2 is 1.90 bits per heavy atom. The molecular weight excluding hydrogens is 168 g/mol. The summed E-state index contributed by atoms with van der Waals surface area (Å²) >= 11 is 0. The van der Waals surface area contributed by atoms with E-state index < -0.39 is 11.9 Å². The van der Waals surface area contributed by atoms with Crippen molar-refractivity contribution in [2.45, 2.75) is 26.7 Å². The molecule has 0 aromatic rings. The molecule has 0 aliphatic rings. The fraction of sp³-hybridized carbons (Fsp3) is 0.667. The minimum absolute atomic E-state index is 0. The van der Waals surface area contributed by atoms with Gasteiger partial charge in [-0.2, -0.15) is 0 Å². The first-order valence-corrected chi connectivity index (χ1v) is 2.88. The molecule has 4 heteroatoms. The monoisotopic (exact) mass is 178 g/mol. The van der Waals surface area contributed by atoms with Crippen LogP contribution in [0.25, 0.3) is 0 Å². The van der Waals surface area contributed by atoms with Gasteiger partial charge in [-0.25, -0.2) is 0 Å². The van der Waals surface area contributed by atoms with Crippen LogP contribution in [0, 0.1) is 0 Å². The summed E-state index contributed by atoms with van der Waals surface area (Å²) in [5, 5.41) is 0. The molecule has 0 amide bonds. The second-order valence-electron chi connectivity index (χ2n) is 1.72. The third-order valence-electron chi connectivity index (χ3n) is 0.712. The predicted octanol–water partition coefficient (Wildman–Crippen LogP) is 0.874. The molecule has 3 nitrogen and oxygen atoms in total. The van der Waals surface area contributed by atoms with Gasteiger partial charge in [-0.3, -0.25) is 9.59 Å². The third-order valence-corrected chi connectivity index (χ3v) is 0.712. The molecule has 0 aliphatic carbocycles. The van der Waals surface area contributed by atoms with Crippen molar-refractivity contribution in [3.63, 3.8) is 0 Å². The van der Waals surface area contributed by atoms with Gasteiger partial charge < -0.3 is 4.74 Å². The Hall–Kier alpha value is -0.146. The quantitative estimate of drug-likeness (QED) is 0.358. The minimum atomic E-state index is -0.534. The van der Waals surface area contributed by atoms with Gasteiger partial charge in [0.2, 0.25) is 0 Å². The number of rotatable bonds is 2. The zero-order valence-electron chi connectivity index (χ0n) is 6.14. The number of hydrogen-bond acceptors (Lipinski definition) is 3. The molecule has 0 aromatic carbocycles. The maximum absolute atomic E-state index is 10.4. The fourth-order valence-electron chi connectivity index (χ4n) is 0.415. The molecule has 0 radical (unpaired) electrons. The summed E-state index contributed by atoms with van der Waals surface area (Å²) < 4.78 is 4.21. The van der Waals surface area contributed by atoms with Crippen LogP contribution in [-0.4, -0.2) is 11.9 Å². The van der Waals surface area contributed by atoms with Gasteiger partial charge in [-0.05, 0) is 6.42 Å². The molecule has 0 bridgehead atoms. The zero-order valence-corrected chi connectivity index (χ0v) is 7.70. The summed E-state index contributed by atoms with van der Waals surface area (Å²) in [7, 11) is 0. The van der Waals surface area contributed by atoms with Gasteiger partial charge in [0.15, 0.2) is 0 Å². The van der Waals surface area contributed by atoms with E-state index >= 15 is 0 Å². The Morgan fingerprint density at radius 3 is 2.20 bits per heavy atom. The topological polar surface area (TPSA) is 43.4 Å². The summed E-state index contributed by atoms with van der Waals surface area (Å²) in [6.07, 6.45) is 1.03. The van der Waals surface area contributed by atoms with E-state index in [4.69, 9.17) is 0 Å². The van der Waals surface area contributed by atoms with Gasteiger partial charge in [-0.15, -0.1) is 0 Å². The zero-order chi connectivity index (χ0) is 7.28. The molecule has 0 aromatic heterocycles. The Morgan fingerprint density at radius 1 is 1.40 bits per heavy atom. The largest absolute Gasteiger partial charge is 0.393 e. The van der Waals surface area contributed by atoms with E-state index in [9.17, 15) is 9.59 Å². The number of carbonyl (C=O) groups is 2. The van der Waals surface area contributed by atoms with E-state index in [2.05, 4.69) is 4.74 Å². The Labute approximate surface area is 75.0 Å². The molecule has 0 fully saturated rings. The molecule has 0 aliphatic heterocycles. The molecule has 0 spiro atoms. The van der Waals surface area contributed by atoms with Crippen LogP contribution in [0.15, 0.2) is 0 Å². The van der Waals surface area contributed by atoms with E-state index in [1.807, 2.05) is 6.92 Å². The second-order valence-corrected chi connectivity index (χ2v) is 1.72. The summed E-state index contributed by atoms with van der Waals surface area (Å²) in [4.78, 5) is 20.5. The molecule has 0 heterocycles. The van der Waals surface area contributed by atoms with Crippen LogP contribution in [0.4, 0.5) is 0 Å². The van der Waals surface area contributed by atoms with Gasteiger partial charge in [0.1, 0.15) is 0 Å². The fourth-order valence-corrected chi connectivity index (χ4v) is 0.415. The van der Waals surface area contributed by atoms with E-state index in [1.165, 1.54) is 6.92 Å². The van der Waals surface area contributed by atoms with Crippen molar-refractivity contribution in [3.8, 4) is 0 Å². The number of esters is 2. The second kappa shape index (κ2) is 6.97. The smallest absolute Gasteiger partial charge is 0.313 e. The average molecular weight is 178 g/mol. The molecular formula is C6H10O3Ti. The van der Waals surface area contributed by atoms with Crippen molar-refractivity contribution in [3.05, 3.63) is 0 Å². The number of carbonyl (C=O) groups excluding carboxylic acids is 2. The first kappa shape index (κ1) is 12.5. The van der Waals surface area contributed by atoms with Gasteiger partial charge in [0.05, 0.1) is 0 Å². The molecule has 0 saturated carbocycles. The van der Waals surface area contributed by atoms with Crippen molar-refractivity contribution < 1.29 is 36.0 Å².